The van der Waals surface area contributed by atoms with Crippen LogP contribution in [0.25, 0.3) is 0 Å². The molecule has 0 amide bonds. The molecule has 2 heterocycles. The van der Waals surface area contributed by atoms with Crippen LogP contribution in [-0.2, 0) is 21.0 Å². The van der Waals surface area contributed by atoms with Gasteiger partial charge in [0.2, 0.25) is 11.9 Å². The Kier molecular flexibility index (Phi) is 10.6. The molecule has 0 saturated carbocycles. The zero-order valence-electron chi connectivity index (χ0n) is 18.3. The summed E-state index contributed by atoms with van der Waals surface area (Å²) in [5.41, 5.74) is 12.5. The molecule has 0 bridgehead atoms. The molecule has 14 heteroatoms. The molecule has 4 aromatic rings. The normalized spacial score (nSPS) is 10.4. The molecular formula is C20H22N10O3V+2. The maximum atomic E-state index is 8.19. The summed E-state index contributed by atoms with van der Waals surface area (Å²) in [5, 5.41) is 12.6. The summed E-state index contributed by atoms with van der Waals surface area (Å²) in [6.45, 7) is 0. The third kappa shape index (κ3) is 7.96. The number of hydrogen-bond acceptors (Lipinski definition) is 11. The van der Waals surface area contributed by atoms with Gasteiger partial charge in [0.05, 0.1) is 14.2 Å². The van der Waals surface area contributed by atoms with E-state index in [1.165, 1.54) is 0 Å². The molecule has 0 fully saturated rings. The fourth-order valence-electron chi connectivity index (χ4n) is 2.45. The van der Waals surface area contributed by atoms with Crippen molar-refractivity contribution in [2.75, 3.05) is 25.7 Å². The van der Waals surface area contributed by atoms with Gasteiger partial charge in [0.15, 0.2) is 0 Å². The third-order valence-corrected chi connectivity index (χ3v) is 3.90. The number of aromatic nitrogens is 6. The maximum absolute atomic E-state index is 8.19. The average Bonchev–Trinajstić information content (AvgIpc) is 3.50. The van der Waals surface area contributed by atoms with Gasteiger partial charge in [-0.3, -0.25) is 0 Å². The van der Waals surface area contributed by atoms with Gasteiger partial charge >= 0.3 is 21.0 Å². The molecule has 2 aromatic heterocycles. The first kappa shape index (κ1) is 25.9. The van der Waals surface area contributed by atoms with Gasteiger partial charge in [0.1, 0.15) is 11.5 Å². The van der Waals surface area contributed by atoms with E-state index in [0.717, 1.165) is 40.0 Å². The molecule has 6 N–H and O–H groups in total. The summed E-state index contributed by atoms with van der Waals surface area (Å²) in [5.74, 6) is 2.57. The third-order valence-electron chi connectivity index (χ3n) is 3.90. The van der Waals surface area contributed by atoms with Crippen molar-refractivity contribution in [1.29, 1.82) is 0 Å². The van der Waals surface area contributed by atoms with Gasteiger partial charge in [-0.25, -0.2) is 20.2 Å². The molecule has 0 radical (unpaired) electrons. The van der Waals surface area contributed by atoms with Crippen molar-refractivity contribution >= 4 is 36.2 Å². The predicted molar refractivity (Wildman–Crippen MR) is 123 cm³/mol. The SMILES string of the molecule is COc1ccccc1/C=N/c1n[nH]c(N)n1.COc1ccccc1/C=N/c1n[nH]c(N)n1.[O]=[V+2]. The number of nitrogens with two attached hydrogens (primary N) is 2. The molecule has 0 spiro atoms. The van der Waals surface area contributed by atoms with Gasteiger partial charge < -0.3 is 20.9 Å². The molecule has 0 aliphatic rings. The van der Waals surface area contributed by atoms with Crippen molar-refractivity contribution < 1.29 is 30.5 Å². The number of anilines is 2. The number of ether oxygens (including phenoxy) is 2. The first-order valence-corrected chi connectivity index (χ1v) is 10.0. The zero-order valence-corrected chi connectivity index (χ0v) is 19.7. The van der Waals surface area contributed by atoms with E-state index >= 15 is 0 Å². The monoisotopic (exact) mass is 501 g/mol. The second kappa shape index (κ2) is 13.9. The van der Waals surface area contributed by atoms with Gasteiger partial charge in [-0.05, 0) is 24.3 Å². The fraction of sp³-hybridized carbons (Fsp3) is 0.100. The van der Waals surface area contributed by atoms with Crippen molar-refractivity contribution in [2.45, 2.75) is 0 Å². The second-order valence-corrected chi connectivity index (χ2v) is 6.04. The molecule has 0 atom stereocenters. The Balaban J connectivity index is 0.000000224. The van der Waals surface area contributed by atoms with Gasteiger partial charge in [-0.2, -0.15) is 9.97 Å². The van der Waals surface area contributed by atoms with Crippen LogP contribution in [0.15, 0.2) is 58.5 Å². The molecular weight excluding hydrogens is 479 g/mol. The number of H-pyrrole nitrogens is 2. The Hall–Kier alpha value is -4.36. The number of rotatable bonds is 6. The molecule has 0 aliphatic heterocycles. The van der Waals surface area contributed by atoms with Crippen molar-refractivity contribution in [3.8, 4) is 11.5 Å². The van der Waals surface area contributed by atoms with E-state index in [4.69, 9.17) is 24.6 Å². The molecule has 0 aliphatic carbocycles. The predicted octanol–water partition coefficient (Wildman–Crippen LogP) is 2.17. The van der Waals surface area contributed by atoms with E-state index in [1.807, 2.05) is 48.5 Å². The Morgan fingerprint density at radius 3 is 1.47 bits per heavy atom. The zero-order chi connectivity index (χ0) is 24.8. The number of aromatic amines is 2. The van der Waals surface area contributed by atoms with E-state index in [2.05, 4.69) is 40.3 Å². The van der Waals surface area contributed by atoms with Crippen LogP contribution in [0.4, 0.5) is 23.8 Å². The number of nitrogen functional groups attached to an aromatic ring is 2. The van der Waals surface area contributed by atoms with Crippen LogP contribution < -0.4 is 20.9 Å². The number of benzene rings is 2. The number of methoxy groups -OCH3 is 2. The number of nitrogens with one attached hydrogen (secondary N) is 2. The molecule has 0 saturated heterocycles. The fourth-order valence-corrected chi connectivity index (χ4v) is 2.45. The summed E-state index contributed by atoms with van der Waals surface area (Å²) >= 11 is 1.06. The summed E-state index contributed by atoms with van der Waals surface area (Å²) in [6, 6.07) is 15.1. The Morgan fingerprint density at radius 1 is 0.765 bits per heavy atom. The van der Waals surface area contributed by atoms with Crippen LogP contribution in [0.2, 0.25) is 0 Å². The van der Waals surface area contributed by atoms with Crippen LogP contribution >= 0.6 is 0 Å². The Labute approximate surface area is 203 Å². The van der Waals surface area contributed by atoms with E-state index in [1.54, 1.807) is 26.6 Å². The minimum atomic E-state index is 0.243. The van der Waals surface area contributed by atoms with E-state index < -0.39 is 0 Å². The Morgan fingerprint density at radius 2 is 1.15 bits per heavy atom. The van der Waals surface area contributed by atoms with Gasteiger partial charge in [0.25, 0.3) is 11.9 Å². The number of aliphatic imine (C=N–C) groups is 2. The Bertz CT molecular complexity index is 1130. The van der Waals surface area contributed by atoms with E-state index in [9.17, 15) is 0 Å². The molecule has 13 nitrogen and oxygen atoms in total. The number of para-hydroxylation sites is 2. The van der Waals surface area contributed by atoms with Crippen molar-refractivity contribution in [2.24, 2.45) is 9.98 Å². The number of nitrogens with zero attached hydrogens (tertiary/aromatic N) is 6. The first-order chi connectivity index (χ1) is 16.6. The first-order valence-electron chi connectivity index (χ1n) is 9.47. The van der Waals surface area contributed by atoms with Crippen molar-refractivity contribution in [1.82, 2.24) is 30.4 Å². The molecule has 0 unspecified atom stereocenters. The molecule has 2 aromatic carbocycles. The van der Waals surface area contributed by atoms with Gasteiger partial charge in [-0.1, -0.05) is 24.3 Å². The summed E-state index contributed by atoms with van der Waals surface area (Å²) in [6.07, 6.45) is 3.25. The topological polar surface area (TPSA) is 195 Å². The van der Waals surface area contributed by atoms with Gasteiger partial charge in [-0.15, -0.1) is 10.2 Å². The quantitative estimate of drug-likeness (QED) is 0.286. The summed E-state index contributed by atoms with van der Waals surface area (Å²) in [4.78, 5) is 15.8. The van der Waals surface area contributed by atoms with E-state index in [-0.39, 0.29) is 11.9 Å². The molecule has 173 valence electrons. The van der Waals surface area contributed by atoms with Crippen LogP contribution in [0.5, 0.6) is 11.5 Å². The minimum absolute atomic E-state index is 0.243. The van der Waals surface area contributed by atoms with Gasteiger partial charge in [0, 0.05) is 23.6 Å². The van der Waals surface area contributed by atoms with Crippen LogP contribution in [0, 0.1) is 0 Å². The number of hydrogen-bond donors (Lipinski definition) is 4. The molecule has 34 heavy (non-hydrogen) atoms. The summed E-state index contributed by atoms with van der Waals surface area (Å²) < 4.78 is 18.5. The van der Waals surface area contributed by atoms with Crippen molar-refractivity contribution in [3.05, 3.63) is 59.7 Å². The average molecular weight is 501 g/mol. The molecule has 4 rings (SSSR count). The van der Waals surface area contributed by atoms with Crippen LogP contribution in [-0.4, -0.2) is 57.0 Å². The van der Waals surface area contributed by atoms with Crippen LogP contribution in [0.3, 0.4) is 0 Å². The summed E-state index contributed by atoms with van der Waals surface area (Å²) in [7, 11) is 3.22. The second-order valence-electron chi connectivity index (χ2n) is 6.04. The van der Waals surface area contributed by atoms with Crippen LogP contribution in [0.1, 0.15) is 11.1 Å². The van der Waals surface area contributed by atoms with Crippen molar-refractivity contribution in [3.63, 3.8) is 0 Å². The van der Waals surface area contributed by atoms with E-state index in [0.29, 0.717) is 11.9 Å². The standard InChI is InChI=1S/2C10H11N5O.O.V/c2*1-16-8-5-3-2-4-7(8)6-12-10-13-9(11)14-15-10;;/h2*2-6H,1H3,(H3,11,13,14,15);;/q;;;+2/b2*12-6+;;.